The molecule has 84 valence electrons. The molecule has 1 atom stereocenters. The van der Waals surface area contributed by atoms with E-state index in [1.807, 2.05) is 0 Å². The van der Waals surface area contributed by atoms with E-state index in [1.165, 1.54) is 18.2 Å². The number of aliphatic carboxylic acids is 1. The number of hydrogen-bond acceptors (Lipinski definition) is 4. The smallest absolute Gasteiger partial charge is 0.320 e. The molecular weight excluding hydrogens is 212 g/mol. The Morgan fingerprint density at radius 3 is 2.88 bits per heavy atom. The lowest BCUT2D eigenvalue weighted by Gasteiger charge is -2.09. The number of benzene rings is 1. The zero-order chi connectivity index (χ0) is 12.1. The topological polar surface area (TPSA) is 132 Å². The van der Waals surface area contributed by atoms with E-state index in [0.717, 1.165) is 0 Å². The van der Waals surface area contributed by atoms with E-state index < -0.39 is 12.0 Å². The Kier molecular flexibility index (Phi) is 3.71. The van der Waals surface area contributed by atoms with Gasteiger partial charge in [0.05, 0.1) is 0 Å². The first kappa shape index (κ1) is 11.8. The van der Waals surface area contributed by atoms with Gasteiger partial charge in [-0.25, -0.2) is 0 Å². The minimum atomic E-state index is -1.14. The zero-order valence-corrected chi connectivity index (χ0v) is 8.24. The number of carboxylic acid groups (broad SMARTS) is 1. The molecule has 1 aromatic rings. The number of phenols is 1. The Morgan fingerprint density at radius 1 is 1.62 bits per heavy atom. The van der Waals surface area contributed by atoms with Crippen molar-refractivity contribution in [3.63, 3.8) is 0 Å². The van der Waals surface area contributed by atoms with E-state index in [9.17, 15) is 9.90 Å². The van der Waals surface area contributed by atoms with Gasteiger partial charge in [-0.1, -0.05) is 11.2 Å². The molecule has 0 fully saturated rings. The highest BCUT2D eigenvalue weighted by atomic mass is 16.4. The Hall–Kier alpha value is -2.24. The summed E-state index contributed by atoms with van der Waals surface area (Å²) in [6.45, 7) is 0. The quantitative estimate of drug-likeness (QED) is 0.402. The maximum absolute atomic E-state index is 10.6. The van der Waals surface area contributed by atoms with Crippen LogP contribution in [0.2, 0.25) is 0 Å². The van der Waals surface area contributed by atoms with Crippen LogP contribution >= 0.6 is 0 Å². The molecule has 0 aliphatic heterocycles. The van der Waals surface area contributed by atoms with Crippen LogP contribution in [-0.4, -0.2) is 22.2 Å². The Morgan fingerprint density at radius 2 is 2.31 bits per heavy atom. The third kappa shape index (κ3) is 2.88. The summed E-state index contributed by atoms with van der Waals surface area (Å²) in [5.74, 6) is -1.20. The molecule has 1 aromatic carbocycles. The van der Waals surface area contributed by atoms with Gasteiger partial charge in [0, 0.05) is 10.6 Å². The van der Waals surface area contributed by atoms with Gasteiger partial charge in [0.15, 0.2) is 0 Å². The number of hydrogen-bond donors (Lipinski definition) is 3. The Bertz CT molecular complexity index is 454. The largest absolute Gasteiger partial charge is 0.508 e. The number of carbonyl (C=O) groups is 1. The lowest BCUT2D eigenvalue weighted by atomic mass is 10.0. The number of nitrogens with two attached hydrogens (primary N) is 1. The second-order valence-electron chi connectivity index (χ2n) is 3.15. The molecular formula is C9H10N4O3. The van der Waals surface area contributed by atoms with Crippen LogP contribution < -0.4 is 5.73 Å². The molecule has 0 heterocycles. The molecule has 1 rings (SSSR count). The maximum Gasteiger partial charge on any atom is 0.320 e. The molecule has 0 radical (unpaired) electrons. The van der Waals surface area contributed by atoms with Crippen molar-refractivity contribution in [2.45, 2.75) is 12.5 Å². The number of nitrogens with zero attached hydrogens (tertiary/aromatic N) is 3. The number of azide groups is 1. The van der Waals surface area contributed by atoms with Crippen molar-refractivity contribution in [3.05, 3.63) is 34.2 Å². The third-order valence-electron chi connectivity index (χ3n) is 1.98. The third-order valence-corrected chi connectivity index (χ3v) is 1.98. The van der Waals surface area contributed by atoms with Crippen LogP contribution in [0.3, 0.4) is 0 Å². The second kappa shape index (κ2) is 5.01. The lowest BCUT2D eigenvalue weighted by molar-refractivity contribution is -0.138. The van der Waals surface area contributed by atoms with Crippen molar-refractivity contribution in [2.24, 2.45) is 10.8 Å². The van der Waals surface area contributed by atoms with Crippen LogP contribution in [0, 0.1) is 0 Å². The minimum absolute atomic E-state index is 0.0317. The van der Waals surface area contributed by atoms with Gasteiger partial charge in [0.2, 0.25) is 0 Å². The molecule has 0 aromatic heterocycles. The summed E-state index contributed by atoms with van der Waals surface area (Å²) in [7, 11) is 0. The predicted octanol–water partition coefficient (Wildman–Crippen LogP) is 1.29. The van der Waals surface area contributed by atoms with Gasteiger partial charge >= 0.3 is 5.97 Å². The number of phenolic OH excluding ortho intramolecular Hbond substituents is 1. The highest BCUT2D eigenvalue weighted by Crippen LogP contribution is 2.25. The number of carboxylic acids is 1. The standard InChI is InChI=1S/C9H10N4O3/c10-7(9(15)16)3-5-1-2-6(14)4-8(5)12-13-11/h1-2,4,7,14H,3,10H2,(H,15,16). The van der Waals surface area contributed by atoms with Crippen LogP contribution in [0.15, 0.2) is 23.3 Å². The molecule has 0 bridgehead atoms. The average Bonchev–Trinajstić information content (AvgIpc) is 2.22. The van der Waals surface area contributed by atoms with Crippen molar-refractivity contribution in [1.82, 2.24) is 0 Å². The fourth-order valence-corrected chi connectivity index (χ4v) is 1.19. The number of rotatable bonds is 4. The zero-order valence-electron chi connectivity index (χ0n) is 8.24. The molecule has 7 nitrogen and oxygen atoms in total. The van der Waals surface area contributed by atoms with Gasteiger partial charge in [-0.15, -0.1) is 0 Å². The van der Waals surface area contributed by atoms with Crippen LogP contribution in [0.5, 0.6) is 5.75 Å². The van der Waals surface area contributed by atoms with Crippen molar-refractivity contribution >= 4 is 11.7 Å². The summed E-state index contributed by atoms with van der Waals surface area (Å²) < 4.78 is 0. The summed E-state index contributed by atoms with van der Waals surface area (Å²) in [6, 6.07) is 3.03. The molecule has 1 unspecified atom stereocenters. The van der Waals surface area contributed by atoms with Crippen molar-refractivity contribution in [3.8, 4) is 5.75 Å². The van der Waals surface area contributed by atoms with Crippen molar-refractivity contribution in [2.75, 3.05) is 0 Å². The summed E-state index contributed by atoms with van der Waals surface area (Å²) in [5, 5.41) is 21.2. The lowest BCUT2D eigenvalue weighted by Crippen LogP contribution is -2.32. The van der Waals surface area contributed by atoms with Crippen LogP contribution in [0.1, 0.15) is 5.56 Å². The van der Waals surface area contributed by atoms with Gasteiger partial charge in [-0.2, -0.15) is 0 Å². The van der Waals surface area contributed by atoms with E-state index in [1.54, 1.807) is 0 Å². The van der Waals surface area contributed by atoms with Crippen LogP contribution in [0.25, 0.3) is 10.4 Å². The summed E-state index contributed by atoms with van der Waals surface area (Å²) in [6.07, 6.45) is 0.0317. The molecule has 0 amide bonds. The first-order valence-electron chi connectivity index (χ1n) is 4.40. The first-order chi connectivity index (χ1) is 7.54. The molecule has 0 aliphatic carbocycles. The summed E-state index contributed by atoms with van der Waals surface area (Å²) in [4.78, 5) is 13.1. The summed E-state index contributed by atoms with van der Waals surface area (Å²) in [5.41, 5.74) is 14.3. The molecule has 0 aliphatic rings. The highest BCUT2D eigenvalue weighted by Gasteiger charge is 2.14. The van der Waals surface area contributed by atoms with E-state index in [-0.39, 0.29) is 17.9 Å². The minimum Gasteiger partial charge on any atom is -0.508 e. The van der Waals surface area contributed by atoms with Crippen LogP contribution in [0.4, 0.5) is 5.69 Å². The van der Waals surface area contributed by atoms with Gasteiger partial charge < -0.3 is 15.9 Å². The van der Waals surface area contributed by atoms with Crippen LogP contribution in [-0.2, 0) is 11.2 Å². The van der Waals surface area contributed by atoms with Crippen molar-refractivity contribution in [1.29, 1.82) is 0 Å². The van der Waals surface area contributed by atoms with Crippen molar-refractivity contribution < 1.29 is 15.0 Å². The maximum atomic E-state index is 10.6. The van der Waals surface area contributed by atoms with E-state index in [0.29, 0.717) is 5.56 Å². The van der Waals surface area contributed by atoms with Gasteiger partial charge in [-0.05, 0) is 29.6 Å². The molecule has 7 heteroatoms. The first-order valence-corrected chi connectivity index (χ1v) is 4.40. The Balaban J connectivity index is 3.03. The SMILES string of the molecule is [N-]=[N+]=Nc1cc(O)ccc1CC(N)C(=O)O. The predicted molar refractivity (Wildman–Crippen MR) is 56.2 cm³/mol. The molecule has 0 saturated carbocycles. The fraction of sp³-hybridized carbons (Fsp3) is 0.222. The Labute approximate surface area is 90.7 Å². The van der Waals surface area contributed by atoms with Gasteiger partial charge in [0.25, 0.3) is 0 Å². The van der Waals surface area contributed by atoms with Gasteiger partial charge in [0.1, 0.15) is 11.8 Å². The summed E-state index contributed by atoms with van der Waals surface area (Å²) >= 11 is 0. The molecule has 4 N–H and O–H groups in total. The average molecular weight is 222 g/mol. The van der Waals surface area contributed by atoms with E-state index >= 15 is 0 Å². The fourth-order valence-electron chi connectivity index (χ4n) is 1.19. The monoisotopic (exact) mass is 222 g/mol. The second-order valence-corrected chi connectivity index (χ2v) is 3.15. The normalized spacial score (nSPS) is 11.6. The van der Waals surface area contributed by atoms with E-state index in [2.05, 4.69) is 10.0 Å². The highest BCUT2D eigenvalue weighted by molar-refractivity contribution is 5.74. The molecule has 0 saturated heterocycles. The number of aromatic hydroxyl groups is 1. The molecule has 0 spiro atoms. The molecule has 16 heavy (non-hydrogen) atoms. The van der Waals surface area contributed by atoms with E-state index in [4.69, 9.17) is 16.4 Å². The van der Waals surface area contributed by atoms with Gasteiger partial charge in [-0.3, -0.25) is 4.79 Å².